The average molecular weight is 472 g/mol. The molecule has 0 saturated heterocycles. The molecule has 35 heavy (non-hydrogen) atoms. The first-order valence-corrected chi connectivity index (χ1v) is 12.1. The van der Waals surface area contributed by atoms with Gasteiger partial charge in [0.05, 0.1) is 6.61 Å². The Morgan fingerprint density at radius 2 is 1.86 bits per heavy atom. The van der Waals surface area contributed by atoms with Crippen molar-refractivity contribution in [3.63, 3.8) is 0 Å². The summed E-state index contributed by atoms with van der Waals surface area (Å²) in [4.78, 5) is 29.3. The summed E-state index contributed by atoms with van der Waals surface area (Å²) in [5.41, 5.74) is 6.60. The van der Waals surface area contributed by atoms with E-state index in [4.69, 9.17) is 4.74 Å². The SMILES string of the molecule is CCN(CCOC)Cc1cc(C(=O)Nc2ccc3c(c2)N(C)C(=O)CC3)ccc1-c1ccccc1. The molecule has 1 aliphatic rings. The normalized spacial score (nSPS) is 13.1. The lowest BCUT2D eigenvalue weighted by molar-refractivity contribution is -0.118. The highest BCUT2D eigenvalue weighted by Gasteiger charge is 2.21. The Labute approximate surface area is 207 Å². The number of nitrogens with zero attached hydrogens (tertiary/aromatic N) is 2. The molecule has 3 aromatic carbocycles. The van der Waals surface area contributed by atoms with Gasteiger partial charge in [-0.2, -0.15) is 0 Å². The summed E-state index contributed by atoms with van der Waals surface area (Å²) < 4.78 is 5.28. The molecule has 182 valence electrons. The minimum absolute atomic E-state index is 0.0936. The van der Waals surface area contributed by atoms with Crippen LogP contribution in [0.2, 0.25) is 0 Å². The fraction of sp³-hybridized carbons (Fsp3) is 0.310. The molecular formula is C29H33N3O3. The van der Waals surface area contributed by atoms with Crippen molar-refractivity contribution in [3.8, 4) is 11.1 Å². The van der Waals surface area contributed by atoms with Crippen molar-refractivity contribution in [2.45, 2.75) is 26.3 Å². The third-order valence-electron chi connectivity index (χ3n) is 6.59. The molecule has 0 saturated carbocycles. The maximum Gasteiger partial charge on any atom is 0.255 e. The van der Waals surface area contributed by atoms with Crippen LogP contribution in [0.25, 0.3) is 11.1 Å². The van der Waals surface area contributed by atoms with E-state index in [1.807, 2.05) is 54.6 Å². The molecule has 0 radical (unpaired) electrons. The number of amides is 2. The summed E-state index contributed by atoms with van der Waals surface area (Å²) in [6.45, 7) is 5.21. The van der Waals surface area contributed by atoms with Gasteiger partial charge in [0.1, 0.15) is 0 Å². The zero-order valence-electron chi connectivity index (χ0n) is 20.7. The number of carbonyl (C=O) groups excluding carboxylic acids is 2. The third kappa shape index (κ3) is 5.78. The molecule has 0 spiro atoms. The number of hydrogen-bond acceptors (Lipinski definition) is 4. The Morgan fingerprint density at radius 1 is 1.06 bits per heavy atom. The number of likely N-dealkylation sites (N-methyl/N-ethyl adjacent to an activating group) is 1. The molecule has 0 fully saturated rings. The van der Waals surface area contributed by atoms with Crippen LogP contribution in [0.1, 0.15) is 34.8 Å². The fourth-order valence-electron chi connectivity index (χ4n) is 4.49. The van der Waals surface area contributed by atoms with E-state index in [0.29, 0.717) is 24.3 Å². The monoisotopic (exact) mass is 471 g/mol. The topological polar surface area (TPSA) is 61.9 Å². The molecule has 0 bridgehead atoms. The lowest BCUT2D eigenvalue weighted by atomic mass is 9.96. The summed E-state index contributed by atoms with van der Waals surface area (Å²) in [5.74, 6) is -0.0772. The number of aryl methyl sites for hydroxylation is 1. The second-order valence-electron chi connectivity index (χ2n) is 8.85. The Bertz CT molecular complexity index is 1190. The number of fused-ring (bicyclic) bond motifs is 1. The van der Waals surface area contributed by atoms with Crippen LogP contribution in [-0.2, 0) is 22.5 Å². The van der Waals surface area contributed by atoms with E-state index in [2.05, 4.69) is 29.3 Å². The summed E-state index contributed by atoms with van der Waals surface area (Å²) in [6, 6.07) is 21.9. The number of carbonyl (C=O) groups is 2. The molecule has 6 nitrogen and oxygen atoms in total. The van der Waals surface area contributed by atoms with Crippen LogP contribution >= 0.6 is 0 Å². The lowest BCUT2D eigenvalue weighted by Crippen LogP contribution is -2.31. The van der Waals surface area contributed by atoms with Gasteiger partial charge in [-0.05, 0) is 59.5 Å². The first-order chi connectivity index (χ1) is 17.0. The van der Waals surface area contributed by atoms with E-state index in [-0.39, 0.29) is 11.8 Å². The highest BCUT2D eigenvalue weighted by molar-refractivity contribution is 6.05. The van der Waals surface area contributed by atoms with Gasteiger partial charge in [0.25, 0.3) is 5.91 Å². The van der Waals surface area contributed by atoms with Crippen LogP contribution in [0.3, 0.4) is 0 Å². The number of ether oxygens (including phenoxy) is 1. The van der Waals surface area contributed by atoms with E-state index >= 15 is 0 Å². The molecule has 3 aromatic rings. The van der Waals surface area contributed by atoms with Gasteiger partial charge in [0.15, 0.2) is 0 Å². The molecule has 1 heterocycles. The summed E-state index contributed by atoms with van der Waals surface area (Å²) in [7, 11) is 3.49. The van der Waals surface area contributed by atoms with Crippen molar-refractivity contribution < 1.29 is 14.3 Å². The molecule has 0 aliphatic carbocycles. The predicted octanol–water partition coefficient (Wildman–Crippen LogP) is 4.98. The molecule has 4 rings (SSSR count). The minimum atomic E-state index is -0.171. The summed E-state index contributed by atoms with van der Waals surface area (Å²) in [5, 5.41) is 3.02. The number of benzene rings is 3. The third-order valence-corrected chi connectivity index (χ3v) is 6.59. The molecule has 0 unspecified atom stereocenters. The first-order valence-electron chi connectivity index (χ1n) is 12.1. The number of nitrogens with one attached hydrogen (secondary N) is 1. The molecule has 0 aromatic heterocycles. The number of hydrogen-bond donors (Lipinski definition) is 1. The zero-order chi connectivity index (χ0) is 24.8. The van der Waals surface area contributed by atoms with Gasteiger partial charge in [-0.15, -0.1) is 0 Å². The van der Waals surface area contributed by atoms with Gasteiger partial charge in [-0.25, -0.2) is 0 Å². The van der Waals surface area contributed by atoms with Crippen molar-refractivity contribution >= 4 is 23.2 Å². The Hall–Kier alpha value is -3.48. The quantitative estimate of drug-likeness (QED) is 0.478. The van der Waals surface area contributed by atoms with Crippen molar-refractivity contribution in [1.82, 2.24) is 4.90 Å². The van der Waals surface area contributed by atoms with Crippen LogP contribution in [0, 0.1) is 0 Å². The van der Waals surface area contributed by atoms with Gasteiger partial charge in [0, 0.05) is 50.6 Å². The van der Waals surface area contributed by atoms with Gasteiger partial charge >= 0.3 is 0 Å². The van der Waals surface area contributed by atoms with Crippen molar-refractivity contribution in [1.29, 1.82) is 0 Å². The smallest absolute Gasteiger partial charge is 0.255 e. The molecular weight excluding hydrogens is 438 g/mol. The summed E-state index contributed by atoms with van der Waals surface area (Å²) >= 11 is 0. The maximum absolute atomic E-state index is 13.2. The van der Waals surface area contributed by atoms with E-state index < -0.39 is 0 Å². The minimum Gasteiger partial charge on any atom is -0.383 e. The average Bonchev–Trinajstić information content (AvgIpc) is 2.89. The maximum atomic E-state index is 13.2. The standard InChI is InChI=1S/C29H33N3O3/c1-4-32(16-17-35-3)20-24-18-23(11-14-26(24)21-8-6-5-7-9-21)29(34)30-25-13-10-22-12-15-28(33)31(2)27(22)19-25/h5-11,13-14,18-19H,4,12,15-17,20H2,1-3H3,(H,30,34). The Morgan fingerprint density at radius 3 is 2.60 bits per heavy atom. The first kappa shape index (κ1) is 24.6. The molecule has 2 amide bonds. The molecule has 1 N–H and O–H groups in total. The van der Waals surface area contributed by atoms with Crippen LogP contribution < -0.4 is 10.2 Å². The van der Waals surface area contributed by atoms with Crippen molar-refractivity contribution in [3.05, 3.63) is 83.4 Å². The van der Waals surface area contributed by atoms with E-state index in [1.165, 1.54) is 0 Å². The van der Waals surface area contributed by atoms with Crippen LogP contribution in [0.5, 0.6) is 0 Å². The second kappa shape index (κ2) is 11.3. The van der Waals surface area contributed by atoms with Crippen molar-refractivity contribution in [2.75, 3.05) is 44.1 Å². The highest BCUT2D eigenvalue weighted by Crippen LogP contribution is 2.30. The van der Waals surface area contributed by atoms with Crippen LogP contribution in [0.4, 0.5) is 11.4 Å². The van der Waals surface area contributed by atoms with E-state index in [0.717, 1.165) is 54.0 Å². The van der Waals surface area contributed by atoms with Crippen LogP contribution in [-0.4, -0.2) is 50.6 Å². The van der Waals surface area contributed by atoms with E-state index in [9.17, 15) is 9.59 Å². The zero-order valence-corrected chi connectivity index (χ0v) is 20.7. The summed E-state index contributed by atoms with van der Waals surface area (Å²) in [6.07, 6.45) is 1.25. The highest BCUT2D eigenvalue weighted by atomic mass is 16.5. The Balaban J connectivity index is 1.61. The van der Waals surface area contributed by atoms with Crippen molar-refractivity contribution in [2.24, 2.45) is 0 Å². The fourth-order valence-corrected chi connectivity index (χ4v) is 4.49. The van der Waals surface area contributed by atoms with Gasteiger partial charge in [0.2, 0.25) is 5.91 Å². The van der Waals surface area contributed by atoms with E-state index in [1.54, 1.807) is 19.1 Å². The van der Waals surface area contributed by atoms with Gasteiger partial charge in [-0.3, -0.25) is 14.5 Å². The predicted molar refractivity (Wildman–Crippen MR) is 141 cm³/mol. The number of rotatable bonds is 9. The molecule has 1 aliphatic heterocycles. The number of methoxy groups -OCH3 is 1. The molecule has 6 heteroatoms. The number of anilines is 2. The van der Waals surface area contributed by atoms with Gasteiger partial charge in [-0.1, -0.05) is 49.4 Å². The second-order valence-corrected chi connectivity index (χ2v) is 8.85. The van der Waals surface area contributed by atoms with Gasteiger partial charge < -0.3 is 15.0 Å². The lowest BCUT2D eigenvalue weighted by Gasteiger charge is -2.26. The molecule has 0 atom stereocenters. The largest absolute Gasteiger partial charge is 0.383 e. The Kier molecular flexibility index (Phi) is 7.95. The van der Waals surface area contributed by atoms with Crippen LogP contribution in [0.15, 0.2) is 66.7 Å².